The Morgan fingerprint density at radius 3 is 2.65 bits per heavy atom. The Morgan fingerprint density at radius 1 is 1.41 bits per heavy atom. The largest absolute Gasteiger partial charge is 0.312 e. The van der Waals surface area contributed by atoms with Crippen molar-refractivity contribution in [3.8, 4) is 0 Å². The van der Waals surface area contributed by atoms with Gasteiger partial charge in [-0.25, -0.2) is 5.84 Å². The molecule has 90 valence electrons. The van der Waals surface area contributed by atoms with Crippen LogP contribution in [-0.2, 0) is 9.59 Å². The normalized spacial score (nSPS) is 19.5. The van der Waals surface area contributed by atoms with Crippen molar-refractivity contribution in [1.82, 2.24) is 5.43 Å². The van der Waals surface area contributed by atoms with E-state index in [2.05, 4.69) is 21.4 Å². The van der Waals surface area contributed by atoms with Crippen LogP contribution in [0.25, 0.3) is 0 Å². The first-order chi connectivity index (χ1) is 8.11. The minimum atomic E-state index is -0.365. The molecular formula is C11H12BrN3O2. The predicted molar refractivity (Wildman–Crippen MR) is 66.9 cm³/mol. The molecule has 1 aromatic rings. The Balaban J connectivity index is 2.15. The van der Waals surface area contributed by atoms with E-state index in [9.17, 15) is 9.59 Å². The van der Waals surface area contributed by atoms with Gasteiger partial charge in [0.25, 0.3) is 0 Å². The third kappa shape index (κ3) is 2.48. The fraction of sp³-hybridized carbons (Fsp3) is 0.273. The number of amides is 2. The molecule has 1 aliphatic heterocycles. The average molecular weight is 298 g/mol. The van der Waals surface area contributed by atoms with Crippen LogP contribution >= 0.6 is 15.9 Å². The lowest BCUT2D eigenvalue weighted by molar-refractivity contribution is -0.126. The molecule has 1 aliphatic rings. The standard InChI is InChI=1S/C11H12BrN3O2/c12-8-1-3-9(4-2-8)15-6-7(5-10(15)16)11(17)14-13/h1-4,7H,5-6,13H2,(H,14,17)/t7-/m1/s1. The monoisotopic (exact) mass is 297 g/mol. The number of hydrazine groups is 1. The zero-order valence-electron chi connectivity index (χ0n) is 9.02. The van der Waals surface area contributed by atoms with Crippen molar-refractivity contribution in [2.24, 2.45) is 11.8 Å². The molecule has 0 bridgehead atoms. The molecule has 6 heteroatoms. The quantitative estimate of drug-likeness (QED) is 0.481. The summed E-state index contributed by atoms with van der Waals surface area (Å²) in [5, 5.41) is 0. The van der Waals surface area contributed by atoms with E-state index in [1.54, 1.807) is 4.90 Å². The van der Waals surface area contributed by atoms with E-state index in [1.807, 2.05) is 24.3 Å². The first-order valence-electron chi connectivity index (χ1n) is 5.18. The Labute approximate surface area is 107 Å². The van der Waals surface area contributed by atoms with Crippen LogP contribution in [0, 0.1) is 5.92 Å². The smallest absolute Gasteiger partial charge is 0.239 e. The third-order valence-corrected chi connectivity index (χ3v) is 3.31. The molecule has 3 N–H and O–H groups in total. The summed E-state index contributed by atoms with van der Waals surface area (Å²) in [4.78, 5) is 24.8. The zero-order valence-corrected chi connectivity index (χ0v) is 10.6. The minimum Gasteiger partial charge on any atom is -0.312 e. The maximum Gasteiger partial charge on any atom is 0.239 e. The van der Waals surface area contributed by atoms with Crippen molar-refractivity contribution in [3.05, 3.63) is 28.7 Å². The van der Waals surface area contributed by atoms with E-state index in [0.717, 1.165) is 10.2 Å². The summed E-state index contributed by atoms with van der Waals surface area (Å²) in [7, 11) is 0. The van der Waals surface area contributed by atoms with Gasteiger partial charge in [0.1, 0.15) is 0 Å². The van der Waals surface area contributed by atoms with Crippen molar-refractivity contribution in [2.45, 2.75) is 6.42 Å². The predicted octanol–water partition coefficient (Wildman–Crippen LogP) is 0.792. The molecule has 1 saturated heterocycles. The molecule has 0 unspecified atom stereocenters. The average Bonchev–Trinajstić information content (AvgIpc) is 2.71. The van der Waals surface area contributed by atoms with Crippen molar-refractivity contribution in [1.29, 1.82) is 0 Å². The van der Waals surface area contributed by atoms with Crippen molar-refractivity contribution in [3.63, 3.8) is 0 Å². The van der Waals surface area contributed by atoms with Crippen molar-refractivity contribution >= 4 is 33.4 Å². The summed E-state index contributed by atoms with van der Waals surface area (Å²) in [6.45, 7) is 0.378. The highest BCUT2D eigenvalue weighted by molar-refractivity contribution is 9.10. The number of nitrogens with one attached hydrogen (secondary N) is 1. The zero-order chi connectivity index (χ0) is 12.4. The van der Waals surface area contributed by atoms with Crippen LogP contribution in [0.15, 0.2) is 28.7 Å². The Hall–Kier alpha value is -1.40. The number of hydrogen-bond donors (Lipinski definition) is 2. The van der Waals surface area contributed by atoms with Gasteiger partial charge in [-0.3, -0.25) is 15.0 Å². The van der Waals surface area contributed by atoms with Crippen LogP contribution in [0.5, 0.6) is 0 Å². The number of nitrogens with zero attached hydrogens (tertiary/aromatic N) is 1. The second-order valence-corrected chi connectivity index (χ2v) is 4.81. The number of hydrogen-bond acceptors (Lipinski definition) is 3. The summed E-state index contributed by atoms with van der Waals surface area (Å²) < 4.78 is 0.948. The lowest BCUT2D eigenvalue weighted by Crippen LogP contribution is -2.37. The van der Waals surface area contributed by atoms with Crippen LogP contribution in [0.3, 0.4) is 0 Å². The number of anilines is 1. The topological polar surface area (TPSA) is 75.4 Å². The fourth-order valence-electron chi connectivity index (χ4n) is 1.87. The molecule has 5 nitrogen and oxygen atoms in total. The highest BCUT2D eigenvalue weighted by Gasteiger charge is 2.34. The van der Waals surface area contributed by atoms with Crippen LogP contribution in [0.4, 0.5) is 5.69 Å². The van der Waals surface area contributed by atoms with Crippen LogP contribution < -0.4 is 16.2 Å². The first-order valence-corrected chi connectivity index (χ1v) is 5.97. The van der Waals surface area contributed by atoms with Gasteiger partial charge in [0, 0.05) is 23.1 Å². The molecule has 0 aliphatic carbocycles. The molecule has 1 atom stereocenters. The minimum absolute atomic E-state index is 0.0547. The van der Waals surface area contributed by atoms with Crippen LogP contribution in [0.2, 0.25) is 0 Å². The summed E-state index contributed by atoms with van der Waals surface area (Å²) in [5.74, 6) is 4.35. The van der Waals surface area contributed by atoms with E-state index in [4.69, 9.17) is 5.84 Å². The number of carbonyl (C=O) groups excluding carboxylic acids is 2. The van der Waals surface area contributed by atoms with E-state index >= 15 is 0 Å². The van der Waals surface area contributed by atoms with E-state index in [1.165, 1.54) is 0 Å². The first kappa shape index (κ1) is 12.1. The van der Waals surface area contributed by atoms with Crippen molar-refractivity contribution < 1.29 is 9.59 Å². The van der Waals surface area contributed by atoms with Gasteiger partial charge in [-0.1, -0.05) is 15.9 Å². The van der Waals surface area contributed by atoms with Gasteiger partial charge >= 0.3 is 0 Å². The number of rotatable bonds is 2. The molecule has 2 rings (SSSR count). The molecule has 0 radical (unpaired) electrons. The van der Waals surface area contributed by atoms with Gasteiger partial charge in [-0.2, -0.15) is 0 Å². The van der Waals surface area contributed by atoms with Crippen LogP contribution in [-0.4, -0.2) is 18.4 Å². The molecule has 1 fully saturated rings. The molecular weight excluding hydrogens is 286 g/mol. The molecule has 1 heterocycles. The van der Waals surface area contributed by atoms with E-state index in [0.29, 0.717) is 6.54 Å². The molecule has 0 aromatic heterocycles. The van der Waals surface area contributed by atoms with Gasteiger partial charge in [0.2, 0.25) is 11.8 Å². The highest BCUT2D eigenvalue weighted by Crippen LogP contribution is 2.26. The third-order valence-electron chi connectivity index (χ3n) is 2.78. The lowest BCUT2D eigenvalue weighted by atomic mass is 10.1. The second kappa shape index (κ2) is 4.85. The lowest BCUT2D eigenvalue weighted by Gasteiger charge is -2.16. The van der Waals surface area contributed by atoms with Crippen LogP contribution in [0.1, 0.15) is 6.42 Å². The van der Waals surface area contributed by atoms with Gasteiger partial charge < -0.3 is 4.90 Å². The summed E-state index contributed by atoms with van der Waals surface area (Å²) in [6.07, 6.45) is 0.207. The van der Waals surface area contributed by atoms with Gasteiger partial charge in [-0.15, -0.1) is 0 Å². The van der Waals surface area contributed by atoms with Crippen molar-refractivity contribution in [2.75, 3.05) is 11.4 Å². The number of carbonyl (C=O) groups is 2. The highest BCUT2D eigenvalue weighted by atomic mass is 79.9. The molecule has 2 amide bonds. The number of halogens is 1. The number of benzene rings is 1. The molecule has 1 aromatic carbocycles. The van der Waals surface area contributed by atoms with Gasteiger partial charge in [0.05, 0.1) is 5.92 Å². The molecule has 0 saturated carbocycles. The SMILES string of the molecule is NNC(=O)[C@@H]1CC(=O)N(c2ccc(Br)cc2)C1. The second-order valence-electron chi connectivity index (χ2n) is 3.89. The summed E-state index contributed by atoms with van der Waals surface area (Å²) in [5.41, 5.74) is 2.88. The molecule has 17 heavy (non-hydrogen) atoms. The Bertz CT molecular complexity index is 447. The Morgan fingerprint density at radius 2 is 2.06 bits per heavy atom. The Kier molecular flexibility index (Phi) is 3.44. The van der Waals surface area contributed by atoms with E-state index < -0.39 is 0 Å². The molecule has 0 spiro atoms. The summed E-state index contributed by atoms with van der Waals surface area (Å²) in [6, 6.07) is 7.40. The fourth-order valence-corrected chi connectivity index (χ4v) is 2.14. The van der Waals surface area contributed by atoms with Gasteiger partial charge in [-0.05, 0) is 24.3 Å². The maximum absolute atomic E-state index is 11.8. The van der Waals surface area contributed by atoms with Gasteiger partial charge in [0.15, 0.2) is 0 Å². The van der Waals surface area contributed by atoms with E-state index in [-0.39, 0.29) is 24.2 Å². The number of nitrogens with two attached hydrogens (primary N) is 1. The maximum atomic E-state index is 11.8. The summed E-state index contributed by atoms with van der Waals surface area (Å²) >= 11 is 3.33.